The molecule has 1 aliphatic heterocycles. The zero-order chi connectivity index (χ0) is 8.48. The summed E-state index contributed by atoms with van der Waals surface area (Å²) in [6, 6.07) is 0. The van der Waals surface area contributed by atoms with Crippen molar-refractivity contribution in [2.75, 3.05) is 18.8 Å². The van der Waals surface area contributed by atoms with Gasteiger partial charge in [-0.05, 0) is 6.42 Å². The van der Waals surface area contributed by atoms with Crippen LogP contribution in [0.4, 0.5) is 0 Å². The van der Waals surface area contributed by atoms with Gasteiger partial charge >= 0.3 is 0 Å². The van der Waals surface area contributed by atoms with Gasteiger partial charge in [-0.25, -0.2) is 13.6 Å². The second-order valence-corrected chi connectivity index (χ2v) is 4.16. The molecular weight excluding hydrogens is 168 g/mol. The Morgan fingerprint density at radius 3 is 2.27 bits per heavy atom. The van der Waals surface area contributed by atoms with E-state index in [0.29, 0.717) is 13.1 Å². The molecule has 0 radical (unpaired) electrons. The van der Waals surface area contributed by atoms with Crippen LogP contribution in [0.3, 0.4) is 0 Å². The average molecular weight is 178 g/mol. The van der Waals surface area contributed by atoms with Crippen LogP contribution in [0.15, 0.2) is 0 Å². The van der Waals surface area contributed by atoms with Gasteiger partial charge < -0.3 is 4.90 Å². The summed E-state index contributed by atoms with van der Waals surface area (Å²) in [6.45, 7) is 1.32. The van der Waals surface area contributed by atoms with Gasteiger partial charge in [0, 0.05) is 13.1 Å². The number of hydrogen-bond donors (Lipinski definition) is 1. The Kier molecular flexibility index (Phi) is 2.15. The maximum Gasteiger partial charge on any atom is 0.239 e. The molecule has 0 spiro atoms. The summed E-state index contributed by atoms with van der Waals surface area (Å²) in [6.07, 6.45) is 0.955. The summed E-state index contributed by atoms with van der Waals surface area (Å²) in [7, 11) is -3.64. The summed E-state index contributed by atoms with van der Waals surface area (Å²) >= 11 is 0. The minimum atomic E-state index is -3.64. The summed E-state index contributed by atoms with van der Waals surface area (Å²) in [5, 5.41) is 4.68. The summed E-state index contributed by atoms with van der Waals surface area (Å²) in [5.41, 5.74) is 0. The van der Waals surface area contributed by atoms with Gasteiger partial charge in [0.15, 0.2) is 0 Å². The highest BCUT2D eigenvalue weighted by atomic mass is 32.2. The number of carbonyl (C=O) groups is 1. The van der Waals surface area contributed by atoms with Crippen molar-refractivity contribution in [3.8, 4) is 0 Å². The van der Waals surface area contributed by atoms with Crippen molar-refractivity contribution in [1.29, 1.82) is 0 Å². The molecule has 0 unspecified atom stereocenters. The Balaban J connectivity index is 2.43. The second-order valence-electron chi connectivity index (χ2n) is 2.54. The molecular formula is C5H10N2O3S. The summed E-state index contributed by atoms with van der Waals surface area (Å²) in [4.78, 5) is 12.4. The molecule has 0 saturated carbocycles. The normalized spacial score (nSPS) is 17.7. The van der Waals surface area contributed by atoms with Crippen LogP contribution in [0.25, 0.3) is 0 Å². The molecule has 0 aromatic heterocycles. The lowest BCUT2D eigenvalue weighted by Crippen LogP contribution is -2.45. The third-order valence-corrected chi connectivity index (χ3v) is 2.18. The molecule has 0 atom stereocenters. The number of hydrogen-bond acceptors (Lipinski definition) is 3. The van der Waals surface area contributed by atoms with E-state index < -0.39 is 21.7 Å². The summed E-state index contributed by atoms with van der Waals surface area (Å²) in [5.74, 6) is -0.953. The fourth-order valence-corrected chi connectivity index (χ4v) is 1.36. The number of amides is 1. The number of nitrogens with two attached hydrogens (primary N) is 1. The van der Waals surface area contributed by atoms with Gasteiger partial charge in [-0.3, -0.25) is 4.79 Å². The molecule has 1 amide bonds. The molecule has 0 aromatic rings. The smallest absolute Gasteiger partial charge is 0.239 e. The Labute approximate surface area is 65.2 Å². The van der Waals surface area contributed by atoms with Gasteiger partial charge in [0.05, 0.1) is 0 Å². The first kappa shape index (κ1) is 8.48. The van der Waals surface area contributed by atoms with Gasteiger partial charge in [-0.15, -0.1) is 0 Å². The number of nitrogens with zero attached hydrogens (tertiary/aromatic N) is 1. The molecule has 1 saturated heterocycles. The van der Waals surface area contributed by atoms with Crippen molar-refractivity contribution in [3.63, 3.8) is 0 Å². The maximum atomic E-state index is 10.9. The topological polar surface area (TPSA) is 80.5 Å². The molecule has 0 aliphatic carbocycles. The maximum absolute atomic E-state index is 10.9. The van der Waals surface area contributed by atoms with Crippen LogP contribution >= 0.6 is 0 Å². The summed E-state index contributed by atoms with van der Waals surface area (Å²) < 4.78 is 20.8. The van der Waals surface area contributed by atoms with Crippen LogP contribution in [-0.4, -0.2) is 38.1 Å². The number of rotatable bonds is 2. The highest BCUT2D eigenvalue weighted by Gasteiger charge is 2.23. The van der Waals surface area contributed by atoms with Gasteiger partial charge in [0.25, 0.3) is 0 Å². The number of sulfonamides is 1. The van der Waals surface area contributed by atoms with Crippen molar-refractivity contribution < 1.29 is 13.2 Å². The first-order valence-electron chi connectivity index (χ1n) is 3.27. The third-order valence-electron chi connectivity index (χ3n) is 1.53. The molecule has 2 N–H and O–H groups in total. The molecule has 6 heteroatoms. The van der Waals surface area contributed by atoms with E-state index in [1.165, 1.54) is 4.90 Å². The van der Waals surface area contributed by atoms with Crippen LogP contribution in [-0.2, 0) is 14.8 Å². The minimum Gasteiger partial charge on any atom is -0.342 e. The number of likely N-dealkylation sites (tertiary alicyclic amines) is 1. The number of primary sulfonamides is 1. The minimum absolute atomic E-state index is 0.390. The molecule has 5 nitrogen and oxygen atoms in total. The SMILES string of the molecule is NS(=O)(=O)CC(=O)N1CCC1. The lowest BCUT2D eigenvalue weighted by Gasteiger charge is -2.30. The molecule has 1 heterocycles. The molecule has 1 rings (SSSR count). The van der Waals surface area contributed by atoms with Crippen LogP contribution in [0, 0.1) is 0 Å². The first-order chi connectivity index (χ1) is 4.99. The second kappa shape index (κ2) is 2.78. The monoisotopic (exact) mass is 178 g/mol. The predicted octanol–water partition coefficient (Wildman–Crippen LogP) is -1.49. The zero-order valence-corrected chi connectivity index (χ0v) is 6.80. The van der Waals surface area contributed by atoms with Crippen molar-refractivity contribution in [2.24, 2.45) is 5.14 Å². The van der Waals surface area contributed by atoms with E-state index in [4.69, 9.17) is 0 Å². The quantitative estimate of drug-likeness (QED) is 0.559. The zero-order valence-electron chi connectivity index (χ0n) is 5.99. The lowest BCUT2D eigenvalue weighted by molar-refractivity contribution is -0.131. The van der Waals surface area contributed by atoms with E-state index in [1.54, 1.807) is 0 Å². The predicted molar refractivity (Wildman–Crippen MR) is 39.2 cm³/mol. The Hall–Kier alpha value is -0.620. The van der Waals surface area contributed by atoms with Crippen LogP contribution in [0.2, 0.25) is 0 Å². The van der Waals surface area contributed by atoms with Gasteiger partial charge in [-0.1, -0.05) is 0 Å². The molecule has 0 aromatic carbocycles. The van der Waals surface area contributed by atoms with E-state index >= 15 is 0 Å². The Morgan fingerprint density at radius 1 is 1.45 bits per heavy atom. The Bertz CT molecular complexity index is 255. The number of carbonyl (C=O) groups excluding carboxylic acids is 1. The fourth-order valence-electron chi connectivity index (χ4n) is 0.829. The van der Waals surface area contributed by atoms with Gasteiger partial charge in [0.1, 0.15) is 5.75 Å². The molecule has 11 heavy (non-hydrogen) atoms. The van der Waals surface area contributed by atoms with Crippen LogP contribution in [0.1, 0.15) is 6.42 Å². The lowest BCUT2D eigenvalue weighted by atomic mass is 10.2. The van der Waals surface area contributed by atoms with Crippen molar-refractivity contribution in [2.45, 2.75) is 6.42 Å². The van der Waals surface area contributed by atoms with E-state index in [9.17, 15) is 13.2 Å². The van der Waals surface area contributed by atoms with Crippen LogP contribution in [0.5, 0.6) is 0 Å². The van der Waals surface area contributed by atoms with Crippen LogP contribution < -0.4 is 5.14 Å². The van der Waals surface area contributed by atoms with Crippen molar-refractivity contribution >= 4 is 15.9 Å². The molecule has 0 bridgehead atoms. The van der Waals surface area contributed by atoms with E-state index in [2.05, 4.69) is 5.14 Å². The van der Waals surface area contributed by atoms with Crippen molar-refractivity contribution in [1.82, 2.24) is 4.90 Å². The molecule has 1 fully saturated rings. The average Bonchev–Trinajstić information content (AvgIpc) is 1.50. The van der Waals surface area contributed by atoms with E-state index in [-0.39, 0.29) is 0 Å². The van der Waals surface area contributed by atoms with Gasteiger partial charge in [-0.2, -0.15) is 0 Å². The first-order valence-corrected chi connectivity index (χ1v) is 4.99. The highest BCUT2D eigenvalue weighted by molar-refractivity contribution is 7.89. The van der Waals surface area contributed by atoms with E-state index in [1.807, 2.05) is 0 Å². The van der Waals surface area contributed by atoms with E-state index in [0.717, 1.165) is 6.42 Å². The standard InChI is InChI=1S/C5H10N2O3S/c6-11(9,10)4-5(8)7-2-1-3-7/h1-4H2,(H2,6,9,10). The molecule has 64 valence electrons. The third kappa shape index (κ3) is 2.47. The Morgan fingerprint density at radius 2 is 2.00 bits per heavy atom. The fraction of sp³-hybridized carbons (Fsp3) is 0.800. The molecule has 1 aliphatic rings. The largest absolute Gasteiger partial charge is 0.342 e. The highest BCUT2D eigenvalue weighted by Crippen LogP contribution is 2.05. The van der Waals surface area contributed by atoms with Crippen molar-refractivity contribution in [3.05, 3.63) is 0 Å². The van der Waals surface area contributed by atoms with Gasteiger partial charge in [0.2, 0.25) is 15.9 Å².